The molecule has 8 nitrogen and oxygen atoms in total. The summed E-state index contributed by atoms with van der Waals surface area (Å²) in [5, 5.41) is 8.06. The van der Waals surface area contributed by atoms with Crippen molar-refractivity contribution in [1.29, 1.82) is 0 Å². The second-order valence-electron chi connectivity index (χ2n) is 7.11. The molecule has 1 aliphatic rings. The molecule has 0 unspecified atom stereocenters. The van der Waals surface area contributed by atoms with Gasteiger partial charge in [-0.2, -0.15) is 0 Å². The maximum atomic E-state index is 12.7. The minimum Gasteiger partial charge on any atom is -0.326 e. The summed E-state index contributed by atoms with van der Waals surface area (Å²) < 4.78 is 0. The van der Waals surface area contributed by atoms with Crippen LogP contribution in [0.1, 0.15) is 34.6 Å². The topological polar surface area (TPSA) is 108 Å². The lowest BCUT2D eigenvalue weighted by molar-refractivity contribution is -0.118. The van der Waals surface area contributed by atoms with Crippen LogP contribution in [0.4, 0.5) is 16.2 Å². The number of nitrogens with one attached hydrogen (secondary N) is 3. The van der Waals surface area contributed by atoms with Crippen LogP contribution >= 0.6 is 0 Å². The summed E-state index contributed by atoms with van der Waals surface area (Å²) in [5.41, 5.74) is 1.53. The van der Waals surface area contributed by atoms with Gasteiger partial charge in [0.1, 0.15) is 6.04 Å². The highest BCUT2D eigenvalue weighted by atomic mass is 16.2. The first-order chi connectivity index (χ1) is 13.8. The minimum atomic E-state index is -0.799. The van der Waals surface area contributed by atoms with E-state index in [1.54, 1.807) is 30.3 Å². The lowest BCUT2D eigenvalue weighted by Gasteiger charge is -2.22. The van der Waals surface area contributed by atoms with Crippen molar-refractivity contribution in [2.24, 2.45) is 5.92 Å². The Kier molecular flexibility index (Phi) is 5.63. The smallest absolute Gasteiger partial charge is 0.319 e. The highest BCUT2D eigenvalue weighted by Crippen LogP contribution is 2.25. The molecule has 1 atom stereocenters. The summed E-state index contributed by atoms with van der Waals surface area (Å²) in [4.78, 5) is 50.1. The molecule has 0 radical (unpaired) electrons. The number of rotatable bonds is 5. The first kappa shape index (κ1) is 20.1. The molecular weight excluding hydrogens is 372 g/mol. The van der Waals surface area contributed by atoms with Crippen molar-refractivity contribution in [3.63, 3.8) is 0 Å². The zero-order chi connectivity index (χ0) is 21.1. The molecule has 0 saturated heterocycles. The Bertz CT molecular complexity index is 972. The summed E-state index contributed by atoms with van der Waals surface area (Å²) in [7, 11) is 1.41. The summed E-state index contributed by atoms with van der Waals surface area (Å²) in [6, 6.07) is 12.1. The number of amides is 5. The standard InChI is InChI=1S/C21H22N4O4/c1-12(2)17(24-21(29)23-13-7-5-4-6-8-13)18(26)22-14-9-10-15-16(11-14)20(28)25(3)19(15)27/h4-12,17H,1-3H3,(H,22,26)(H2,23,24,29)/t17-/m0/s1. The monoisotopic (exact) mass is 394 g/mol. The van der Waals surface area contributed by atoms with Crippen LogP contribution in [0.5, 0.6) is 0 Å². The lowest BCUT2D eigenvalue weighted by Crippen LogP contribution is -2.48. The summed E-state index contributed by atoms with van der Waals surface area (Å²) in [5.74, 6) is -1.39. The van der Waals surface area contributed by atoms with Gasteiger partial charge >= 0.3 is 6.03 Å². The molecule has 1 heterocycles. The third-order valence-corrected chi connectivity index (χ3v) is 4.62. The number of imide groups is 1. The lowest BCUT2D eigenvalue weighted by atomic mass is 10.0. The Morgan fingerprint density at radius 1 is 0.862 bits per heavy atom. The van der Waals surface area contributed by atoms with Gasteiger partial charge in [-0.05, 0) is 36.2 Å². The number of benzene rings is 2. The Hall–Kier alpha value is -3.68. The molecule has 29 heavy (non-hydrogen) atoms. The van der Waals surface area contributed by atoms with Crippen LogP contribution in [-0.4, -0.2) is 41.7 Å². The Morgan fingerprint density at radius 2 is 1.52 bits per heavy atom. The molecular formula is C21H22N4O4. The van der Waals surface area contributed by atoms with E-state index in [0.717, 1.165) is 4.90 Å². The van der Waals surface area contributed by atoms with E-state index in [0.29, 0.717) is 16.9 Å². The predicted molar refractivity (Wildman–Crippen MR) is 109 cm³/mol. The normalized spacial score (nSPS) is 13.9. The fraction of sp³-hybridized carbons (Fsp3) is 0.238. The third-order valence-electron chi connectivity index (χ3n) is 4.62. The van der Waals surface area contributed by atoms with Crippen molar-refractivity contribution in [2.75, 3.05) is 17.7 Å². The number of hydrogen-bond donors (Lipinski definition) is 3. The number of fused-ring (bicyclic) bond motifs is 1. The van der Waals surface area contributed by atoms with Crippen LogP contribution in [0.15, 0.2) is 48.5 Å². The minimum absolute atomic E-state index is 0.180. The molecule has 1 aliphatic heterocycles. The van der Waals surface area contributed by atoms with Gasteiger partial charge in [-0.3, -0.25) is 19.3 Å². The third kappa shape index (κ3) is 4.26. The summed E-state index contributed by atoms with van der Waals surface area (Å²) in [6.07, 6.45) is 0. The van der Waals surface area contributed by atoms with Crippen LogP contribution in [0.2, 0.25) is 0 Å². The zero-order valence-corrected chi connectivity index (χ0v) is 16.4. The Balaban J connectivity index is 1.70. The predicted octanol–water partition coefficient (Wildman–Crippen LogP) is 2.70. The van der Waals surface area contributed by atoms with Crippen molar-refractivity contribution in [1.82, 2.24) is 10.2 Å². The van der Waals surface area contributed by atoms with Gasteiger partial charge in [0.15, 0.2) is 0 Å². The SMILES string of the molecule is CC(C)[C@H](NC(=O)Nc1ccccc1)C(=O)Nc1ccc2c(c1)C(=O)N(C)C2=O. The maximum absolute atomic E-state index is 12.7. The molecule has 0 aliphatic carbocycles. The highest BCUT2D eigenvalue weighted by molar-refractivity contribution is 6.21. The molecule has 0 aromatic heterocycles. The fourth-order valence-corrected chi connectivity index (χ4v) is 3.02. The number of urea groups is 1. The van der Waals surface area contributed by atoms with Gasteiger partial charge in [0, 0.05) is 18.4 Å². The van der Waals surface area contributed by atoms with Gasteiger partial charge in [-0.1, -0.05) is 32.0 Å². The van der Waals surface area contributed by atoms with E-state index in [1.165, 1.54) is 19.2 Å². The van der Waals surface area contributed by atoms with E-state index in [9.17, 15) is 19.2 Å². The molecule has 150 valence electrons. The number of anilines is 2. The molecule has 3 rings (SSSR count). The van der Waals surface area contributed by atoms with Crippen LogP contribution in [-0.2, 0) is 4.79 Å². The van der Waals surface area contributed by atoms with Crippen molar-refractivity contribution >= 4 is 35.1 Å². The quantitative estimate of drug-likeness (QED) is 0.678. The molecule has 2 aromatic rings. The van der Waals surface area contributed by atoms with Gasteiger partial charge in [0.05, 0.1) is 11.1 Å². The molecule has 5 amide bonds. The second-order valence-corrected chi connectivity index (χ2v) is 7.11. The first-order valence-corrected chi connectivity index (χ1v) is 9.18. The average Bonchev–Trinajstić information content (AvgIpc) is 2.90. The number of carbonyl (C=O) groups is 4. The van der Waals surface area contributed by atoms with Crippen LogP contribution in [0, 0.1) is 5.92 Å². The second kappa shape index (κ2) is 8.14. The van der Waals surface area contributed by atoms with Gasteiger partial charge in [0.25, 0.3) is 11.8 Å². The van der Waals surface area contributed by atoms with Crippen molar-refractivity contribution < 1.29 is 19.2 Å². The molecule has 8 heteroatoms. The fourth-order valence-electron chi connectivity index (χ4n) is 3.02. The Morgan fingerprint density at radius 3 is 2.17 bits per heavy atom. The first-order valence-electron chi connectivity index (χ1n) is 9.18. The molecule has 0 bridgehead atoms. The maximum Gasteiger partial charge on any atom is 0.319 e. The molecule has 0 spiro atoms. The summed E-state index contributed by atoms with van der Waals surface area (Å²) in [6.45, 7) is 3.62. The van der Waals surface area contributed by atoms with E-state index in [2.05, 4.69) is 16.0 Å². The van der Waals surface area contributed by atoms with Gasteiger partial charge < -0.3 is 16.0 Å². The van der Waals surface area contributed by atoms with Crippen LogP contribution in [0.3, 0.4) is 0 Å². The van der Waals surface area contributed by atoms with E-state index < -0.39 is 23.9 Å². The Labute approximate surface area is 168 Å². The number of hydrogen-bond acceptors (Lipinski definition) is 4. The largest absolute Gasteiger partial charge is 0.326 e. The van der Waals surface area contributed by atoms with Crippen LogP contribution in [0.25, 0.3) is 0 Å². The molecule has 3 N–H and O–H groups in total. The molecule has 0 fully saturated rings. The van der Waals surface area contributed by atoms with Gasteiger partial charge in [-0.25, -0.2) is 4.79 Å². The number of carbonyl (C=O) groups excluding carboxylic acids is 4. The van der Waals surface area contributed by atoms with Gasteiger partial charge in [-0.15, -0.1) is 0 Å². The van der Waals surface area contributed by atoms with Crippen molar-refractivity contribution in [2.45, 2.75) is 19.9 Å². The van der Waals surface area contributed by atoms with E-state index in [4.69, 9.17) is 0 Å². The van der Waals surface area contributed by atoms with Crippen LogP contribution < -0.4 is 16.0 Å². The van der Waals surface area contributed by atoms with Crippen molar-refractivity contribution in [3.8, 4) is 0 Å². The highest BCUT2D eigenvalue weighted by Gasteiger charge is 2.33. The van der Waals surface area contributed by atoms with Gasteiger partial charge in [0.2, 0.25) is 5.91 Å². The number of nitrogens with zero attached hydrogens (tertiary/aromatic N) is 1. The van der Waals surface area contributed by atoms with E-state index in [-0.39, 0.29) is 17.4 Å². The van der Waals surface area contributed by atoms with E-state index >= 15 is 0 Å². The molecule has 2 aromatic carbocycles. The van der Waals surface area contributed by atoms with Crippen molar-refractivity contribution in [3.05, 3.63) is 59.7 Å². The average molecular weight is 394 g/mol. The zero-order valence-electron chi connectivity index (χ0n) is 16.4. The molecule has 0 saturated carbocycles. The van der Waals surface area contributed by atoms with E-state index in [1.807, 2.05) is 19.9 Å². The summed E-state index contributed by atoms with van der Waals surface area (Å²) >= 11 is 0. The number of para-hydroxylation sites is 1.